The highest BCUT2D eigenvalue weighted by Crippen LogP contribution is 2.70. The zero-order chi connectivity index (χ0) is 13.6. The molecule has 19 heavy (non-hydrogen) atoms. The molecule has 4 nitrogen and oxygen atoms in total. The molecule has 7 atom stereocenters. The first-order valence-electron chi connectivity index (χ1n) is 7.48. The molecule has 4 aliphatic rings. The molecule has 0 unspecified atom stereocenters. The third-order valence-corrected chi connectivity index (χ3v) is 6.51. The minimum absolute atomic E-state index is 0.0120. The van der Waals surface area contributed by atoms with E-state index in [9.17, 15) is 10.2 Å². The number of fused-ring (bicyclic) bond motifs is 2. The second kappa shape index (κ2) is 3.35. The molecule has 0 aromatic rings. The molecule has 4 heteroatoms. The molecule has 0 radical (unpaired) electrons. The van der Waals surface area contributed by atoms with Crippen LogP contribution in [0.15, 0.2) is 0 Å². The monoisotopic (exact) mass is 268 g/mol. The van der Waals surface area contributed by atoms with Crippen molar-refractivity contribution in [1.29, 1.82) is 0 Å². The van der Waals surface area contributed by atoms with Crippen molar-refractivity contribution in [2.24, 2.45) is 22.7 Å². The number of ether oxygens (including phenoxy) is 2. The van der Waals surface area contributed by atoms with E-state index in [0.717, 1.165) is 19.3 Å². The van der Waals surface area contributed by atoms with Crippen LogP contribution >= 0.6 is 0 Å². The summed E-state index contributed by atoms with van der Waals surface area (Å²) in [7, 11) is 0. The molecule has 2 aliphatic carbocycles. The largest absolute Gasteiger partial charge is 0.390 e. The van der Waals surface area contributed by atoms with Gasteiger partial charge in [0.15, 0.2) is 6.29 Å². The lowest BCUT2D eigenvalue weighted by molar-refractivity contribution is -0.176. The molecule has 2 heterocycles. The molecule has 0 aromatic heterocycles. The van der Waals surface area contributed by atoms with Gasteiger partial charge in [0.1, 0.15) is 11.7 Å². The normalized spacial score (nSPS) is 62.1. The Bertz CT molecular complexity index is 422. The Morgan fingerprint density at radius 1 is 1.05 bits per heavy atom. The van der Waals surface area contributed by atoms with Crippen molar-refractivity contribution >= 4 is 0 Å². The summed E-state index contributed by atoms with van der Waals surface area (Å²) in [6.07, 6.45) is 2.03. The molecule has 2 N–H and O–H groups in total. The predicted octanol–water partition coefficient (Wildman–Crippen LogP) is 1.30. The average molecular weight is 268 g/mol. The van der Waals surface area contributed by atoms with Gasteiger partial charge in [-0.25, -0.2) is 0 Å². The lowest BCUT2D eigenvalue weighted by Gasteiger charge is -2.58. The van der Waals surface area contributed by atoms with Crippen LogP contribution in [0.3, 0.4) is 0 Å². The summed E-state index contributed by atoms with van der Waals surface area (Å²) in [5.74, 6) is 0.189. The Morgan fingerprint density at radius 3 is 2.53 bits per heavy atom. The van der Waals surface area contributed by atoms with Gasteiger partial charge in [-0.15, -0.1) is 0 Å². The number of rotatable bonds is 0. The van der Waals surface area contributed by atoms with Crippen molar-refractivity contribution in [2.45, 2.75) is 64.1 Å². The third kappa shape index (κ3) is 1.29. The molecule has 1 spiro atoms. The van der Waals surface area contributed by atoms with Gasteiger partial charge in [0.05, 0.1) is 12.7 Å². The smallest absolute Gasteiger partial charge is 0.160 e. The van der Waals surface area contributed by atoms with Crippen molar-refractivity contribution < 1.29 is 19.7 Å². The van der Waals surface area contributed by atoms with E-state index in [4.69, 9.17) is 9.47 Å². The first kappa shape index (κ1) is 12.6. The van der Waals surface area contributed by atoms with Gasteiger partial charge in [-0.1, -0.05) is 27.2 Å². The van der Waals surface area contributed by atoms with Crippen LogP contribution in [0.1, 0.15) is 40.0 Å². The van der Waals surface area contributed by atoms with Gasteiger partial charge in [-0.3, -0.25) is 0 Å². The first-order valence-corrected chi connectivity index (χ1v) is 7.48. The Morgan fingerprint density at radius 2 is 1.79 bits per heavy atom. The fourth-order valence-electron chi connectivity index (χ4n) is 5.96. The van der Waals surface area contributed by atoms with Gasteiger partial charge in [0.25, 0.3) is 0 Å². The molecule has 0 aromatic carbocycles. The number of hydrogen-bond donors (Lipinski definition) is 2. The van der Waals surface area contributed by atoms with Crippen LogP contribution < -0.4 is 0 Å². The zero-order valence-corrected chi connectivity index (χ0v) is 11.9. The second-order valence-corrected chi connectivity index (χ2v) is 7.99. The predicted molar refractivity (Wildman–Crippen MR) is 68.3 cm³/mol. The number of aliphatic hydroxyl groups is 2. The number of hydrogen-bond acceptors (Lipinski definition) is 4. The zero-order valence-electron chi connectivity index (χ0n) is 11.9. The topological polar surface area (TPSA) is 62.2 Å². The molecule has 2 saturated heterocycles. The van der Waals surface area contributed by atoms with Gasteiger partial charge in [0, 0.05) is 5.92 Å². The molecule has 2 aliphatic heterocycles. The van der Waals surface area contributed by atoms with Crippen molar-refractivity contribution in [1.82, 2.24) is 0 Å². The van der Waals surface area contributed by atoms with Gasteiger partial charge < -0.3 is 19.7 Å². The maximum absolute atomic E-state index is 10.8. The Balaban J connectivity index is 1.83. The maximum atomic E-state index is 10.8. The fourth-order valence-corrected chi connectivity index (χ4v) is 5.96. The van der Waals surface area contributed by atoms with Crippen molar-refractivity contribution in [2.75, 3.05) is 6.61 Å². The quantitative estimate of drug-likeness (QED) is 0.650. The van der Waals surface area contributed by atoms with Crippen molar-refractivity contribution in [3.8, 4) is 0 Å². The Hall–Kier alpha value is -0.160. The van der Waals surface area contributed by atoms with E-state index in [2.05, 4.69) is 20.8 Å². The van der Waals surface area contributed by atoms with Crippen LogP contribution in [0.2, 0.25) is 0 Å². The summed E-state index contributed by atoms with van der Waals surface area (Å²) in [5, 5.41) is 21.1. The minimum atomic E-state index is -0.737. The van der Waals surface area contributed by atoms with E-state index in [1.165, 1.54) is 0 Å². The summed E-state index contributed by atoms with van der Waals surface area (Å²) in [6, 6.07) is 0. The highest BCUT2D eigenvalue weighted by Gasteiger charge is 2.80. The molecule has 108 valence electrons. The summed E-state index contributed by atoms with van der Waals surface area (Å²) < 4.78 is 11.4. The van der Waals surface area contributed by atoms with E-state index in [1.54, 1.807) is 0 Å². The molecule has 2 saturated carbocycles. The van der Waals surface area contributed by atoms with Crippen LogP contribution in [0.25, 0.3) is 0 Å². The molecule has 4 fully saturated rings. The van der Waals surface area contributed by atoms with E-state index >= 15 is 0 Å². The number of aliphatic hydroxyl groups excluding tert-OH is 2. The minimum Gasteiger partial charge on any atom is -0.390 e. The lowest BCUT2D eigenvalue weighted by Crippen LogP contribution is -2.62. The average Bonchev–Trinajstić information content (AvgIpc) is 2.90. The summed E-state index contributed by atoms with van der Waals surface area (Å²) in [6.45, 7) is 7.15. The molecule has 0 bridgehead atoms. The lowest BCUT2D eigenvalue weighted by atomic mass is 9.46. The van der Waals surface area contributed by atoms with Gasteiger partial charge in [-0.05, 0) is 29.6 Å². The van der Waals surface area contributed by atoms with Crippen LogP contribution in [-0.2, 0) is 9.47 Å². The molecule has 0 amide bonds. The highest BCUT2D eigenvalue weighted by molar-refractivity contribution is 5.25. The van der Waals surface area contributed by atoms with Crippen LogP contribution in [0.4, 0.5) is 0 Å². The van der Waals surface area contributed by atoms with E-state index in [1.807, 2.05) is 0 Å². The van der Waals surface area contributed by atoms with E-state index in [0.29, 0.717) is 6.61 Å². The summed E-state index contributed by atoms with van der Waals surface area (Å²) in [5.41, 5.74) is -0.408. The Labute approximate surface area is 114 Å². The van der Waals surface area contributed by atoms with E-state index < -0.39 is 18.0 Å². The second-order valence-electron chi connectivity index (χ2n) is 7.99. The van der Waals surface area contributed by atoms with Crippen molar-refractivity contribution in [3.63, 3.8) is 0 Å². The van der Waals surface area contributed by atoms with E-state index in [-0.39, 0.29) is 28.8 Å². The number of epoxide rings is 1. The van der Waals surface area contributed by atoms with Crippen LogP contribution in [0.5, 0.6) is 0 Å². The SMILES string of the molecule is CC1(C)CCC[C@]2(C)[C@H]3[C@H](O)OC[C@]34O[C@@H]4[C@H](O)[C@@H]12. The fraction of sp³-hybridized carbons (Fsp3) is 1.00. The first-order chi connectivity index (χ1) is 8.83. The maximum Gasteiger partial charge on any atom is 0.160 e. The molecule has 4 rings (SSSR count). The molecular weight excluding hydrogens is 244 g/mol. The van der Waals surface area contributed by atoms with Gasteiger partial charge >= 0.3 is 0 Å². The molecular formula is C15H24O4. The van der Waals surface area contributed by atoms with Crippen molar-refractivity contribution in [3.05, 3.63) is 0 Å². The van der Waals surface area contributed by atoms with Crippen LogP contribution in [0, 0.1) is 22.7 Å². The van der Waals surface area contributed by atoms with Gasteiger partial charge in [-0.2, -0.15) is 0 Å². The van der Waals surface area contributed by atoms with Gasteiger partial charge in [0.2, 0.25) is 0 Å². The summed E-state index contributed by atoms with van der Waals surface area (Å²) >= 11 is 0. The Kier molecular flexibility index (Phi) is 2.22. The standard InChI is InChI=1S/C15H24O4/c1-13(2)5-4-6-14(3)9(13)8(16)11-15(19-11)7-18-12(17)10(14)15/h8-12,16-17H,4-7H2,1-3H3/t8-,9+,10-,11-,12-,14+,15+/m1/s1. The summed E-state index contributed by atoms with van der Waals surface area (Å²) in [4.78, 5) is 0. The highest BCUT2D eigenvalue weighted by atomic mass is 16.7. The van der Waals surface area contributed by atoms with Crippen LogP contribution in [-0.4, -0.2) is 40.9 Å². The third-order valence-electron chi connectivity index (χ3n) is 6.51.